The van der Waals surface area contributed by atoms with Gasteiger partial charge in [-0.25, -0.2) is 4.68 Å². The molecule has 0 spiro atoms. The number of aryl methyl sites for hydroxylation is 1. The zero-order valence-corrected chi connectivity index (χ0v) is 15.4. The van der Waals surface area contributed by atoms with E-state index in [-0.39, 0.29) is 5.82 Å². The topological polar surface area (TPSA) is 142 Å². The van der Waals surface area contributed by atoms with E-state index in [1.807, 2.05) is 0 Å². The van der Waals surface area contributed by atoms with Gasteiger partial charge in [0.05, 0.1) is 28.3 Å². The summed E-state index contributed by atoms with van der Waals surface area (Å²) < 4.78 is 6.52. The lowest BCUT2D eigenvalue weighted by atomic mass is 10.1. The average molecular weight is 397 g/mol. The first-order valence-electron chi connectivity index (χ1n) is 8.26. The van der Waals surface area contributed by atoms with Crippen molar-refractivity contribution in [1.29, 1.82) is 0 Å². The number of aromatic nitrogens is 2. The Balaban J connectivity index is 2.03. The van der Waals surface area contributed by atoms with Gasteiger partial charge in [-0.2, -0.15) is 5.10 Å². The number of nitrogens with one attached hydrogen (secondary N) is 1. The maximum atomic E-state index is 12.8. The lowest BCUT2D eigenvalue weighted by molar-refractivity contribution is -0.394. The Morgan fingerprint density at radius 3 is 2.17 bits per heavy atom. The van der Waals surface area contributed by atoms with Crippen LogP contribution >= 0.6 is 0 Å². The number of anilines is 1. The minimum atomic E-state index is -0.987. The van der Waals surface area contributed by atoms with Crippen molar-refractivity contribution in [3.05, 3.63) is 80.0 Å². The third-order valence-corrected chi connectivity index (χ3v) is 4.03. The normalized spacial score (nSPS) is 10.4. The maximum Gasteiger partial charge on any atom is 0.289 e. The Morgan fingerprint density at radius 2 is 1.66 bits per heavy atom. The Hall–Kier alpha value is -4.28. The first kappa shape index (κ1) is 19.5. The fourth-order valence-corrected chi connectivity index (χ4v) is 2.75. The summed E-state index contributed by atoms with van der Waals surface area (Å²) in [4.78, 5) is 33.7. The summed E-state index contributed by atoms with van der Waals surface area (Å²) in [7, 11) is 1.53. The number of ether oxygens (including phenoxy) is 1. The Morgan fingerprint density at radius 1 is 1.07 bits per heavy atom. The average Bonchev–Trinajstić information content (AvgIpc) is 3.07. The van der Waals surface area contributed by atoms with E-state index in [0.29, 0.717) is 17.1 Å². The second-order valence-electron chi connectivity index (χ2n) is 5.92. The molecule has 1 aromatic heterocycles. The highest BCUT2D eigenvalue weighted by molar-refractivity contribution is 6.09. The van der Waals surface area contributed by atoms with Gasteiger partial charge in [0.1, 0.15) is 11.6 Å². The molecule has 0 radical (unpaired) electrons. The van der Waals surface area contributed by atoms with Gasteiger partial charge in [-0.1, -0.05) is 0 Å². The van der Waals surface area contributed by atoms with E-state index in [2.05, 4.69) is 10.4 Å². The molecular weight excluding hydrogens is 382 g/mol. The molecule has 29 heavy (non-hydrogen) atoms. The number of nitro groups is 2. The fraction of sp³-hybridized carbons (Fsp3) is 0.111. The quantitative estimate of drug-likeness (QED) is 0.497. The molecule has 11 heteroatoms. The van der Waals surface area contributed by atoms with Crippen LogP contribution in [0.25, 0.3) is 5.69 Å². The number of nitrogens with zero attached hydrogens (tertiary/aromatic N) is 4. The molecule has 2 aromatic carbocycles. The molecule has 0 unspecified atom stereocenters. The maximum absolute atomic E-state index is 12.8. The molecule has 1 heterocycles. The van der Waals surface area contributed by atoms with Crippen molar-refractivity contribution < 1.29 is 19.4 Å². The predicted octanol–water partition coefficient (Wildman–Crippen LogP) is 3.26. The van der Waals surface area contributed by atoms with Crippen molar-refractivity contribution in [2.75, 3.05) is 12.4 Å². The third kappa shape index (κ3) is 3.88. The Bertz CT molecular complexity index is 1070. The number of benzene rings is 2. The van der Waals surface area contributed by atoms with E-state index >= 15 is 0 Å². The lowest BCUT2D eigenvalue weighted by Gasteiger charge is -2.10. The van der Waals surface area contributed by atoms with Crippen LogP contribution in [0.5, 0.6) is 5.75 Å². The molecule has 0 saturated carbocycles. The summed E-state index contributed by atoms with van der Waals surface area (Å²) in [5, 5.41) is 29.3. The van der Waals surface area contributed by atoms with E-state index in [0.717, 1.165) is 18.2 Å². The van der Waals surface area contributed by atoms with E-state index in [1.165, 1.54) is 11.8 Å². The zero-order chi connectivity index (χ0) is 21.1. The van der Waals surface area contributed by atoms with E-state index in [4.69, 9.17) is 4.74 Å². The third-order valence-electron chi connectivity index (χ3n) is 4.03. The van der Waals surface area contributed by atoms with Gasteiger partial charge in [0.25, 0.3) is 17.3 Å². The number of rotatable bonds is 6. The van der Waals surface area contributed by atoms with Crippen LogP contribution in [-0.4, -0.2) is 32.6 Å². The van der Waals surface area contributed by atoms with Gasteiger partial charge in [-0.05, 0) is 37.3 Å². The number of carbonyl (C=O) groups is 1. The molecule has 0 aliphatic carbocycles. The van der Waals surface area contributed by atoms with Crippen LogP contribution in [0, 0.1) is 27.2 Å². The summed E-state index contributed by atoms with van der Waals surface area (Å²) in [5.41, 5.74) is -0.810. The van der Waals surface area contributed by atoms with Crippen LogP contribution < -0.4 is 10.1 Å². The monoisotopic (exact) mass is 397 g/mol. The molecule has 11 nitrogen and oxygen atoms in total. The van der Waals surface area contributed by atoms with Crippen molar-refractivity contribution in [3.8, 4) is 11.4 Å². The summed E-state index contributed by atoms with van der Waals surface area (Å²) >= 11 is 0. The van der Waals surface area contributed by atoms with Crippen LogP contribution in [-0.2, 0) is 0 Å². The number of carbonyl (C=O) groups excluding carboxylic acids is 1. The minimum Gasteiger partial charge on any atom is -0.497 e. The lowest BCUT2D eigenvalue weighted by Crippen LogP contribution is -2.18. The van der Waals surface area contributed by atoms with Crippen LogP contribution in [0.2, 0.25) is 0 Å². The van der Waals surface area contributed by atoms with Gasteiger partial charge in [0, 0.05) is 18.2 Å². The van der Waals surface area contributed by atoms with E-state index in [9.17, 15) is 25.0 Å². The summed E-state index contributed by atoms with van der Waals surface area (Å²) in [6.45, 7) is 1.70. The first-order chi connectivity index (χ1) is 13.8. The minimum absolute atomic E-state index is 0.199. The molecule has 0 saturated heterocycles. The van der Waals surface area contributed by atoms with Crippen molar-refractivity contribution in [3.63, 3.8) is 0 Å². The molecule has 3 rings (SSSR count). The van der Waals surface area contributed by atoms with E-state index in [1.54, 1.807) is 37.3 Å². The largest absolute Gasteiger partial charge is 0.497 e. The molecule has 0 fully saturated rings. The highest BCUT2D eigenvalue weighted by Crippen LogP contribution is 2.29. The molecule has 3 aromatic rings. The van der Waals surface area contributed by atoms with Crippen LogP contribution in [0.3, 0.4) is 0 Å². The van der Waals surface area contributed by atoms with Gasteiger partial charge in [0.15, 0.2) is 5.56 Å². The number of hydrogen-bond donors (Lipinski definition) is 1. The van der Waals surface area contributed by atoms with Gasteiger partial charge in [-0.15, -0.1) is 0 Å². The predicted molar refractivity (Wildman–Crippen MR) is 103 cm³/mol. The number of amides is 1. The van der Waals surface area contributed by atoms with Crippen molar-refractivity contribution in [2.24, 2.45) is 0 Å². The molecule has 148 valence electrons. The van der Waals surface area contributed by atoms with Gasteiger partial charge in [-0.3, -0.25) is 25.0 Å². The summed E-state index contributed by atoms with van der Waals surface area (Å²) in [5.74, 6) is -0.164. The SMILES string of the molecule is COc1ccc(-n2nc(C)cc2NC(=O)c2c([N+](=O)[O-])cccc2[N+](=O)[O-])cc1. The van der Waals surface area contributed by atoms with Crippen molar-refractivity contribution in [1.82, 2.24) is 9.78 Å². The van der Waals surface area contributed by atoms with Crippen LogP contribution in [0.15, 0.2) is 48.5 Å². The van der Waals surface area contributed by atoms with Crippen molar-refractivity contribution >= 4 is 23.1 Å². The molecule has 1 N–H and O–H groups in total. The van der Waals surface area contributed by atoms with Crippen LogP contribution in [0.1, 0.15) is 16.1 Å². The number of nitro benzene ring substituents is 2. The second-order valence-corrected chi connectivity index (χ2v) is 5.92. The standard InChI is InChI=1S/C18H15N5O6/c1-11-10-16(21(20-11)12-6-8-13(29-2)9-7-12)19-18(24)17-14(22(25)26)4-3-5-15(17)23(27)28/h3-10H,1-2H3,(H,19,24). The fourth-order valence-electron chi connectivity index (χ4n) is 2.75. The van der Waals surface area contributed by atoms with Gasteiger partial charge in [0.2, 0.25) is 0 Å². The Labute approximate surface area is 163 Å². The highest BCUT2D eigenvalue weighted by atomic mass is 16.6. The zero-order valence-electron chi connectivity index (χ0n) is 15.4. The van der Waals surface area contributed by atoms with Crippen LogP contribution in [0.4, 0.5) is 17.2 Å². The van der Waals surface area contributed by atoms with Gasteiger partial charge >= 0.3 is 0 Å². The van der Waals surface area contributed by atoms with Gasteiger partial charge < -0.3 is 10.1 Å². The number of methoxy groups -OCH3 is 1. The molecular formula is C18H15N5O6. The second kappa shape index (κ2) is 7.76. The molecule has 0 aliphatic heterocycles. The Kier molecular flexibility index (Phi) is 5.21. The highest BCUT2D eigenvalue weighted by Gasteiger charge is 2.31. The molecule has 1 amide bonds. The molecule has 0 atom stereocenters. The van der Waals surface area contributed by atoms with Crippen molar-refractivity contribution in [2.45, 2.75) is 6.92 Å². The molecule has 0 bridgehead atoms. The number of hydrogen-bond acceptors (Lipinski definition) is 7. The first-order valence-corrected chi connectivity index (χ1v) is 8.26. The van der Waals surface area contributed by atoms with E-state index < -0.39 is 32.7 Å². The summed E-state index contributed by atoms with van der Waals surface area (Å²) in [6, 6.07) is 11.6. The molecule has 0 aliphatic rings. The smallest absolute Gasteiger partial charge is 0.289 e. The summed E-state index contributed by atoms with van der Waals surface area (Å²) in [6.07, 6.45) is 0.